The van der Waals surface area contributed by atoms with Gasteiger partial charge in [0.25, 0.3) is 0 Å². The average Bonchev–Trinajstić information content (AvgIpc) is 4.21. The molecule has 15 aromatic rings. The fourth-order valence-corrected chi connectivity index (χ4v) is 12.6. The summed E-state index contributed by atoms with van der Waals surface area (Å²) in [6.07, 6.45) is 0. The van der Waals surface area contributed by atoms with Gasteiger partial charge in [-0.3, -0.25) is 0 Å². The van der Waals surface area contributed by atoms with E-state index in [9.17, 15) is 0 Å². The van der Waals surface area contributed by atoms with E-state index >= 15 is 0 Å². The molecule has 0 aliphatic heterocycles. The Morgan fingerprint density at radius 2 is 0.760 bits per heavy atom. The van der Waals surface area contributed by atoms with Crippen LogP contribution in [0.25, 0.3) is 143 Å². The van der Waals surface area contributed by atoms with Crippen molar-refractivity contribution in [3.8, 4) is 78.9 Å². The van der Waals surface area contributed by atoms with Crippen LogP contribution in [0.1, 0.15) is 0 Å². The maximum atomic E-state index is 5.51. The Labute approximate surface area is 436 Å². The van der Waals surface area contributed by atoms with Gasteiger partial charge in [0.1, 0.15) is 0 Å². The molecule has 0 atom stereocenters. The van der Waals surface area contributed by atoms with E-state index in [2.05, 4.69) is 270 Å². The maximum Gasteiger partial charge on any atom is 0.166 e. The van der Waals surface area contributed by atoms with Crippen LogP contribution < -0.4 is 0 Å². The predicted molar refractivity (Wildman–Crippen MR) is 314 cm³/mol. The van der Waals surface area contributed by atoms with Crippen molar-refractivity contribution >= 4 is 75.1 Å². The molecule has 0 bridgehead atoms. The smallest absolute Gasteiger partial charge is 0.166 e. The molecular formula is C69H43N5S. The van der Waals surface area contributed by atoms with E-state index in [4.69, 9.17) is 15.0 Å². The van der Waals surface area contributed by atoms with E-state index in [0.717, 1.165) is 71.4 Å². The molecule has 4 aromatic heterocycles. The summed E-state index contributed by atoms with van der Waals surface area (Å²) in [7, 11) is 0. The van der Waals surface area contributed by atoms with Crippen molar-refractivity contribution in [2.75, 3.05) is 0 Å². The predicted octanol–water partition coefficient (Wildman–Crippen LogP) is 18.4. The molecule has 0 spiro atoms. The largest absolute Gasteiger partial charge is 0.309 e. The van der Waals surface area contributed by atoms with Gasteiger partial charge in [0.15, 0.2) is 17.5 Å². The summed E-state index contributed by atoms with van der Waals surface area (Å²) in [5.74, 6) is 1.84. The quantitative estimate of drug-likeness (QED) is 0.152. The Balaban J connectivity index is 0.989. The molecule has 350 valence electrons. The second-order valence-corrected chi connectivity index (χ2v) is 20.1. The van der Waals surface area contributed by atoms with E-state index in [1.54, 1.807) is 11.3 Å². The second-order valence-electron chi connectivity index (χ2n) is 19.1. The zero-order valence-corrected chi connectivity index (χ0v) is 41.3. The van der Waals surface area contributed by atoms with Crippen LogP contribution >= 0.6 is 11.3 Å². The molecule has 0 aliphatic rings. The summed E-state index contributed by atoms with van der Waals surface area (Å²) >= 11 is 1.78. The number of fused-ring (bicyclic) bond motifs is 9. The molecule has 0 aliphatic carbocycles. The Kier molecular flexibility index (Phi) is 10.00. The van der Waals surface area contributed by atoms with Crippen molar-refractivity contribution in [3.63, 3.8) is 0 Å². The van der Waals surface area contributed by atoms with Gasteiger partial charge in [-0.1, -0.05) is 200 Å². The zero-order chi connectivity index (χ0) is 49.4. The number of aromatic nitrogens is 5. The Morgan fingerprint density at radius 1 is 0.280 bits per heavy atom. The molecule has 0 unspecified atom stereocenters. The summed E-state index contributed by atoms with van der Waals surface area (Å²) in [5.41, 5.74) is 16.4. The lowest BCUT2D eigenvalue weighted by molar-refractivity contribution is 1.07. The minimum absolute atomic E-state index is 0.597. The van der Waals surface area contributed by atoms with Crippen molar-refractivity contribution in [2.24, 2.45) is 0 Å². The van der Waals surface area contributed by atoms with Gasteiger partial charge in [-0.15, -0.1) is 11.3 Å². The molecule has 0 radical (unpaired) electrons. The fourth-order valence-electron chi connectivity index (χ4n) is 11.4. The number of para-hydroxylation sites is 3. The Morgan fingerprint density at radius 3 is 1.51 bits per heavy atom. The molecular weight excluding hydrogens is 931 g/mol. The third-order valence-electron chi connectivity index (χ3n) is 14.8. The van der Waals surface area contributed by atoms with Crippen molar-refractivity contribution in [1.29, 1.82) is 0 Å². The molecule has 75 heavy (non-hydrogen) atoms. The maximum absolute atomic E-state index is 5.51. The molecule has 0 fully saturated rings. The van der Waals surface area contributed by atoms with Gasteiger partial charge in [-0.2, -0.15) is 0 Å². The molecule has 15 rings (SSSR count). The monoisotopic (exact) mass is 973 g/mol. The minimum Gasteiger partial charge on any atom is -0.309 e. The highest BCUT2D eigenvalue weighted by Crippen LogP contribution is 2.46. The normalized spacial score (nSPS) is 11.7. The Hall–Kier alpha value is -9.75. The van der Waals surface area contributed by atoms with Gasteiger partial charge in [-0.05, 0) is 94.0 Å². The van der Waals surface area contributed by atoms with Crippen LogP contribution in [-0.4, -0.2) is 24.1 Å². The van der Waals surface area contributed by atoms with E-state index < -0.39 is 0 Å². The lowest BCUT2D eigenvalue weighted by Gasteiger charge is -2.15. The van der Waals surface area contributed by atoms with Gasteiger partial charge < -0.3 is 9.13 Å². The molecule has 4 heterocycles. The lowest BCUT2D eigenvalue weighted by Crippen LogP contribution is -2.03. The molecule has 0 saturated carbocycles. The third-order valence-corrected chi connectivity index (χ3v) is 16.0. The second kappa shape index (κ2) is 17.5. The lowest BCUT2D eigenvalue weighted by atomic mass is 9.95. The van der Waals surface area contributed by atoms with Gasteiger partial charge in [0.2, 0.25) is 0 Å². The number of hydrogen-bond donors (Lipinski definition) is 0. The first-order chi connectivity index (χ1) is 37.2. The van der Waals surface area contributed by atoms with Gasteiger partial charge >= 0.3 is 0 Å². The topological polar surface area (TPSA) is 48.5 Å². The van der Waals surface area contributed by atoms with Gasteiger partial charge in [0.05, 0.1) is 27.8 Å². The van der Waals surface area contributed by atoms with Crippen LogP contribution in [0.15, 0.2) is 261 Å². The van der Waals surface area contributed by atoms with E-state index in [0.29, 0.717) is 17.5 Å². The number of benzene rings is 11. The summed E-state index contributed by atoms with van der Waals surface area (Å²) < 4.78 is 7.22. The van der Waals surface area contributed by atoms with E-state index in [1.165, 1.54) is 53.8 Å². The van der Waals surface area contributed by atoms with Crippen LogP contribution in [0, 0.1) is 0 Å². The summed E-state index contributed by atoms with van der Waals surface area (Å²) in [5, 5.41) is 7.20. The summed E-state index contributed by atoms with van der Waals surface area (Å²) in [6.45, 7) is 0. The fraction of sp³-hybridized carbons (Fsp3) is 0. The van der Waals surface area contributed by atoms with Gasteiger partial charge in [-0.25, -0.2) is 15.0 Å². The number of thiophene rings is 1. The van der Waals surface area contributed by atoms with Crippen LogP contribution in [0.5, 0.6) is 0 Å². The van der Waals surface area contributed by atoms with Crippen molar-refractivity contribution in [1.82, 2.24) is 24.1 Å². The number of rotatable bonds is 8. The first kappa shape index (κ1) is 42.9. The van der Waals surface area contributed by atoms with Gasteiger partial charge in [0, 0.05) is 64.1 Å². The Bertz CT molecular complexity index is 4690. The number of nitrogens with zero attached hydrogens (tertiary/aromatic N) is 5. The van der Waals surface area contributed by atoms with Crippen LogP contribution in [0.3, 0.4) is 0 Å². The molecule has 0 amide bonds. The van der Waals surface area contributed by atoms with E-state index in [1.807, 2.05) is 0 Å². The minimum atomic E-state index is 0.597. The molecule has 11 aromatic carbocycles. The van der Waals surface area contributed by atoms with Crippen molar-refractivity contribution in [3.05, 3.63) is 261 Å². The standard InChI is InChI=1S/C69H43N5S/c1-4-19-44(20-5-1)46-37-39-47(40-38-46)67-70-68(72-69(71-67)57-31-16-30-53-50-25-12-15-36-63(50)75-66(53)57)56-27-11-14-33-59(56)74-61-35-18-29-52(65(61)55-42-41-48(43-62(55)74)45-21-6-2-7-22-45)51-28-17-34-60-64(51)54-26-10-13-32-58(54)73(60)49-23-8-3-9-24-49/h1-43H. The molecule has 0 saturated heterocycles. The third kappa shape index (κ3) is 7.03. The molecule has 5 nitrogen and oxygen atoms in total. The summed E-state index contributed by atoms with van der Waals surface area (Å²) in [6, 6.07) is 93.5. The average molecular weight is 974 g/mol. The zero-order valence-electron chi connectivity index (χ0n) is 40.5. The van der Waals surface area contributed by atoms with Crippen LogP contribution in [0.4, 0.5) is 0 Å². The summed E-state index contributed by atoms with van der Waals surface area (Å²) in [4.78, 5) is 16.3. The van der Waals surface area contributed by atoms with Crippen molar-refractivity contribution < 1.29 is 0 Å². The van der Waals surface area contributed by atoms with Crippen LogP contribution in [0.2, 0.25) is 0 Å². The first-order valence-corrected chi connectivity index (χ1v) is 26.2. The number of hydrogen-bond acceptors (Lipinski definition) is 4. The van der Waals surface area contributed by atoms with Crippen LogP contribution in [-0.2, 0) is 0 Å². The van der Waals surface area contributed by atoms with E-state index in [-0.39, 0.29) is 0 Å². The highest BCUT2D eigenvalue weighted by molar-refractivity contribution is 7.26. The highest BCUT2D eigenvalue weighted by atomic mass is 32.1. The molecule has 6 heteroatoms. The first-order valence-electron chi connectivity index (χ1n) is 25.3. The SMILES string of the molecule is c1ccc(-c2ccc(-c3nc(-c4ccccc4-n4c5cc(-c6ccccc6)ccc5c5c(-c6cccc7c6c6ccccc6n7-c6ccccc6)cccc54)nc(-c4cccc5c4sc4ccccc45)n3)cc2)cc1. The van der Waals surface area contributed by atoms with Crippen molar-refractivity contribution in [2.45, 2.75) is 0 Å². The molecule has 0 N–H and O–H groups in total. The highest BCUT2D eigenvalue weighted by Gasteiger charge is 2.24.